The summed E-state index contributed by atoms with van der Waals surface area (Å²) in [7, 11) is -5.84. The Kier molecular flexibility index (Phi) is 11.3. The van der Waals surface area contributed by atoms with Crippen molar-refractivity contribution in [3.05, 3.63) is 24.3 Å². The topological polar surface area (TPSA) is 127 Å². The summed E-state index contributed by atoms with van der Waals surface area (Å²) in [6, 6.07) is 0. The Morgan fingerprint density at radius 3 is 1.92 bits per heavy atom. The van der Waals surface area contributed by atoms with Crippen molar-refractivity contribution >= 4 is 46.3 Å². The summed E-state index contributed by atoms with van der Waals surface area (Å²) in [5.41, 5.74) is -0.0401. The average Bonchev–Trinajstić information content (AvgIpc) is 3.46. The highest BCUT2D eigenvalue weighted by atomic mass is 28.5. The number of fused-ring (bicyclic) bond motifs is 2. The van der Waals surface area contributed by atoms with E-state index in [4.69, 9.17) is 22.4 Å². The molecule has 1 aliphatic heterocycles. The zero-order chi connectivity index (χ0) is 36.9. The number of aromatic nitrogens is 4. The highest BCUT2D eigenvalue weighted by Gasteiger charge is 2.60. The molecule has 1 unspecified atom stereocenters. The average molecular weight is 722 g/mol. The summed E-state index contributed by atoms with van der Waals surface area (Å²) in [4.78, 5) is 40.8. The van der Waals surface area contributed by atoms with Gasteiger partial charge in [-0.1, -0.05) is 55.4 Å². The van der Waals surface area contributed by atoms with Crippen molar-refractivity contribution in [2.75, 3.05) is 11.5 Å². The molecule has 0 N–H and O–H groups in total. The molecule has 49 heavy (non-hydrogen) atoms. The molecule has 2 amide bonds. The van der Waals surface area contributed by atoms with Crippen LogP contribution in [0.15, 0.2) is 24.3 Å². The van der Waals surface area contributed by atoms with Crippen LogP contribution in [0.3, 0.4) is 0 Å². The summed E-state index contributed by atoms with van der Waals surface area (Å²) in [5.74, 6) is -0.454. The van der Waals surface area contributed by atoms with Gasteiger partial charge in [0.1, 0.15) is 23.7 Å². The molecule has 1 saturated heterocycles. The normalized spacial score (nSPS) is 22.7. The van der Waals surface area contributed by atoms with Gasteiger partial charge in [-0.15, -0.1) is 0 Å². The molecule has 2 aromatic heterocycles. The lowest BCUT2D eigenvalue weighted by atomic mass is 10.00. The molecule has 15 heteroatoms. The van der Waals surface area contributed by atoms with Crippen LogP contribution in [0.4, 0.5) is 19.8 Å². The van der Waals surface area contributed by atoms with Crippen LogP contribution in [0.2, 0.25) is 22.2 Å². The molecule has 3 atom stereocenters. The highest BCUT2D eigenvalue weighted by molar-refractivity contribution is 6.84. The number of carbonyl (C=O) groups is 2. The molecule has 0 saturated carbocycles. The molecular formula is C34H56FN5O7Si2. The first-order valence-electron chi connectivity index (χ1n) is 17.3. The van der Waals surface area contributed by atoms with E-state index in [9.17, 15) is 9.59 Å². The van der Waals surface area contributed by atoms with Crippen molar-refractivity contribution in [3.8, 4) is 0 Å². The predicted octanol–water partition coefficient (Wildman–Crippen LogP) is 8.35. The quantitative estimate of drug-likeness (QED) is 0.203. The Bertz CT molecular complexity index is 1510. The van der Waals surface area contributed by atoms with E-state index in [-0.39, 0.29) is 52.6 Å². The molecule has 274 valence electrons. The highest BCUT2D eigenvalue weighted by Crippen LogP contribution is 2.49. The monoisotopic (exact) mass is 721 g/mol. The molecule has 1 aliphatic carbocycles. The van der Waals surface area contributed by atoms with E-state index in [0.29, 0.717) is 5.65 Å². The molecule has 3 heterocycles. The SMILES string of the molecule is CC(C)[Si]1(C(C)C)OC[C@H]2C(Cn3cnc4c(N(C(=O)OC(C)(C)C)C(=O)OC(C)(C)C)ncnc43)=C[C@H](F)C2O[Si](C(C)C)(C(C)C)O1. The zero-order valence-electron chi connectivity index (χ0n) is 31.7. The van der Waals surface area contributed by atoms with E-state index in [0.717, 1.165) is 10.5 Å². The van der Waals surface area contributed by atoms with Gasteiger partial charge in [-0.3, -0.25) is 0 Å². The van der Waals surface area contributed by atoms with E-state index in [1.807, 2.05) is 0 Å². The summed E-state index contributed by atoms with van der Waals surface area (Å²) in [5, 5.41) is 0. The number of nitrogens with zero attached hydrogens (tertiary/aromatic N) is 5. The Labute approximate surface area is 292 Å². The number of halogens is 1. The van der Waals surface area contributed by atoms with Crippen LogP contribution >= 0.6 is 0 Å². The summed E-state index contributed by atoms with van der Waals surface area (Å²) >= 11 is 0. The standard InChI is InChI=1S/C34H56FN5O7Si2/c1-20(2)48(21(3)4)43-17-25-24(15-26(35)28(25)46-49(47-48,22(5)6)23(7)8)16-39-19-38-27-29(39)36-18-37-30(27)40(31(41)44-33(9,10)11)32(42)45-34(12,13)14/h15,18-23,25-26,28H,16-17H2,1-14H3/t25-,26-,28?/m0/s1. The van der Waals surface area contributed by atoms with Crippen LogP contribution in [0.5, 0.6) is 0 Å². The van der Waals surface area contributed by atoms with Gasteiger partial charge in [0.25, 0.3) is 0 Å². The van der Waals surface area contributed by atoms with E-state index in [1.54, 1.807) is 58.5 Å². The molecule has 0 aromatic carbocycles. The number of imidazole rings is 1. The number of hydrogen-bond donors (Lipinski definition) is 0. The van der Waals surface area contributed by atoms with Gasteiger partial charge in [0.2, 0.25) is 0 Å². The fourth-order valence-corrected chi connectivity index (χ4v) is 18.0. The minimum atomic E-state index is -3.01. The maximum Gasteiger partial charge on any atom is 0.425 e. The first-order valence-corrected chi connectivity index (χ1v) is 21.3. The van der Waals surface area contributed by atoms with Gasteiger partial charge >= 0.3 is 29.3 Å². The van der Waals surface area contributed by atoms with Crippen molar-refractivity contribution < 1.29 is 36.4 Å². The van der Waals surface area contributed by atoms with Gasteiger partial charge in [0, 0.05) is 19.1 Å². The molecule has 2 aliphatic rings. The summed E-state index contributed by atoms with van der Waals surface area (Å²) in [6.07, 6.45) is 0.371. The van der Waals surface area contributed by atoms with E-state index in [2.05, 4.69) is 70.3 Å². The number of ether oxygens (including phenoxy) is 2. The van der Waals surface area contributed by atoms with Gasteiger partial charge in [-0.25, -0.2) is 28.9 Å². The Morgan fingerprint density at radius 2 is 1.43 bits per heavy atom. The molecule has 1 fully saturated rings. The van der Waals surface area contributed by atoms with Gasteiger partial charge in [-0.2, -0.15) is 4.90 Å². The van der Waals surface area contributed by atoms with Crippen LogP contribution in [0, 0.1) is 5.92 Å². The third-order valence-corrected chi connectivity index (χ3v) is 19.3. The number of carbonyl (C=O) groups excluding carboxylic acids is 2. The fourth-order valence-electron chi connectivity index (χ4n) is 6.73. The number of rotatable bonds is 7. The van der Waals surface area contributed by atoms with Crippen LogP contribution in [0.1, 0.15) is 96.9 Å². The number of anilines is 1. The Morgan fingerprint density at radius 1 is 0.898 bits per heavy atom. The van der Waals surface area contributed by atoms with E-state index in [1.165, 1.54) is 6.33 Å². The van der Waals surface area contributed by atoms with Crippen LogP contribution in [-0.4, -0.2) is 78.9 Å². The van der Waals surface area contributed by atoms with Crippen LogP contribution in [-0.2, 0) is 29.0 Å². The Balaban J connectivity index is 1.75. The maximum absolute atomic E-state index is 16.1. The minimum Gasteiger partial charge on any atom is -0.443 e. The number of imide groups is 1. The second kappa shape index (κ2) is 14.1. The van der Waals surface area contributed by atoms with Crippen molar-refractivity contribution in [1.82, 2.24) is 19.5 Å². The largest absolute Gasteiger partial charge is 0.443 e. The second-order valence-electron chi connectivity index (χ2n) is 16.4. The third-order valence-electron chi connectivity index (χ3n) is 9.01. The lowest BCUT2D eigenvalue weighted by molar-refractivity contribution is 0.0128. The zero-order valence-corrected chi connectivity index (χ0v) is 33.7. The molecule has 2 aromatic rings. The maximum atomic E-state index is 16.1. The first kappa shape index (κ1) is 39.1. The lowest BCUT2D eigenvalue weighted by Gasteiger charge is -2.51. The van der Waals surface area contributed by atoms with E-state index < -0.39 is 52.8 Å². The molecular weight excluding hydrogens is 666 g/mol. The predicted molar refractivity (Wildman–Crippen MR) is 191 cm³/mol. The molecule has 12 nitrogen and oxygen atoms in total. The van der Waals surface area contributed by atoms with Crippen LogP contribution in [0.25, 0.3) is 11.2 Å². The molecule has 0 bridgehead atoms. The molecule has 4 rings (SSSR count). The number of alkyl halides is 1. The van der Waals surface area contributed by atoms with Crippen LogP contribution < -0.4 is 4.90 Å². The Hall–Kier alpha value is -2.73. The summed E-state index contributed by atoms with van der Waals surface area (Å²) < 4.78 is 50.2. The number of amides is 2. The van der Waals surface area contributed by atoms with Crippen molar-refractivity contribution in [2.45, 2.75) is 149 Å². The smallest absolute Gasteiger partial charge is 0.425 e. The second-order valence-corrected chi connectivity index (χ2v) is 25.2. The third kappa shape index (κ3) is 7.95. The fraction of sp³-hybridized carbons (Fsp3) is 0.735. The van der Waals surface area contributed by atoms with Gasteiger partial charge < -0.3 is 27.0 Å². The lowest BCUT2D eigenvalue weighted by Crippen LogP contribution is -2.65. The summed E-state index contributed by atoms with van der Waals surface area (Å²) in [6.45, 7) is 27.8. The van der Waals surface area contributed by atoms with Crippen molar-refractivity contribution in [2.24, 2.45) is 5.92 Å². The van der Waals surface area contributed by atoms with Crippen molar-refractivity contribution in [3.63, 3.8) is 0 Å². The van der Waals surface area contributed by atoms with Gasteiger partial charge in [0.15, 0.2) is 17.0 Å². The minimum absolute atomic E-state index is 0.0704. The van der Waals surface area contributed by atoms with Gasteiger partial charge in [0.05, 0.1) is 12.4 Å². The molecule has 0 spiro atoms. The van der Waals surface area contributed by atoms with Crippen molar-refractivity contribution in [1.29, 1.82) is 0 Å². The van der Waals surface area contributed by atoms with Gasteiger partial charge in [-0.05, 0) is 75.4 Å². The molecule has 0 radical (unpaired) electrons. The first-order chi connectivity index (χ1) is 22.5. The number of hydrogen-bond acceptors (Lipinski definition) is 10. The van der Waals surface area contributed by atoms with E-state index >= 15 is 4.39 Å².